The molecule has 0 aliphatic rings. The number of benzene rings is 1. The normalized spacial score (nSPS) is 10.5. The monoisotopic (exact) mass is 355 g/mol. The molecule has 0 saturated heterocycles. The highest BCUT2D eigenvalue weighted by atomic mass is 16.5. The molecular formula is C18H17N3O5. The largest absolute Gasteiger partial charge is 0.478 e. The molecule has 0 spiro atoms. The first-order valence-electron chi connectivity index (χ1n) is 7.99. The van der Waals surface area contributed by atoms with Gasteiger partial charge in [-0.1, -0.05) is 35.5 Å². The Morgan fingerprint density at radius 3 is 2.81 bits per heavy atom. The summed E-state index contributed by atoms with van der Waals surface area (Å²) >= 11 is 0. The lowest BCUT2D eigenvalue weighted by Gasteiger charge is -2.03. The SMILES string of the molecule is Cc1occc(=O)c1OCc1noc(C(=O)NCCc2ccccc2)n1. The van der Waals surface area contributed by atoms with E-state index in [9.17, 15) is 9.59 Å². The van der Waals surface area contributed by atoms with Crippen LogP contribution in [0.4, 0.5) is 0 Å². The van der Waals surface area contributed by atoms with Crippen molar-refractivity contribution < 1.29 is 18.5 Å². The Morgan fingerprint density at radius 1 is 1.23 bits per heavy atom. The summed E-state index contributed by atoms with van der Waals surface area (Å²) in [5, 5.41) is 6.39. The van der Waals surface area contributed by atoms with E-state index in [2.05, 4.69) is 15.5 Å². The molecule has 0 aliphatic carbocycles. The summed E-state index contributed by atoms with van der Waals surface area (Å²) in [7, 11) is 0. The zero-order valence-electron chi connectivity index (χ0n) is 14.1. The van der Waals surface area contributed by atoms with Crippen LogP contribution in [-0.2, 0) is 13.0 Å². The number of hydrogen-bond acceptors (Lipinski definition) is 7. The van der Waals surface area contributed by atoms with Crippen LogP contribution < -0.4 is 15.5 Å². The Kier molecular flexibility index (Phi) is 5.43. The third kappa shape index (κ3) is 4.35. The lowest BCUT2D eigenvalue weighted by atomic mass is 10.1. The summed E-state index contributed by atoms with van der Waals surface area (Å²) in [4.78, 5) is 27.7. The maximum atomic E-state index is 12.0. The van der Waals surface area contributed by atoms with Crippen LogP contribution >= 0.6 is 0 Å². The molecule has 1 amide bonds. The fourth-order valence-electron chi connectivity index (χ4n) is 2.26. The summed E-state index contributed by atoms with van der Waals surface area (Å²) in [6.45, 7) is 1.94. The van der Waals surface area contributed by atoms with E-state index in [-0.39, 0.29) is 29.5 Å². The predicted octanol–water partition coefficient (Wildman–Crippen LogP) is 1.88. The molecule has 0 fully saturated rings. The van der Waals surface area contributed by atoms with E-state index < -0.39 is 5.91 Å². The van der Waals surface area contributed by atoms with Crippen LogP contribution in [0.15, 0.2) is 56.4 Å². The Bertz CT molecular complexity index is 933. The first-order chi connectivity index (χ1) is 12.6. The van der Waals surface area contributed by atoms with Gasteiger partial charge in [0.15, 0.2) is 6.61 Å². The van der Waals surface area contributed by atoms with Crippen molar-refractivity contribution in [1.29, 1.82) is 0 Å². The number of aromatic nitrogens is 2. The number of hydrogen-bond donors (Lipinski definition) is 1. The lowest BCUT2D eigenvalue weighted by Crippen LogP contribution is -2.26. The first-order valence-corrected chi connectivity index (χ1v) is 7.99. The van der Waals surface area contributed by atoms with Crippen LogP contribution in [0.3, 0.4) is 0 Å². The molecule has 0 atom stereocenters. The number of nitrogens with one attached hydrogen (secondary N) is 1. The van der Waals surface area contributed by atoms with Crippen molar-refractivity contribution in [2.24, 2.45) is 0 Å². The van der Waals surface area contributed by atoms with E-state index in [0.717, 1.165) is 5.56 Å². The minimum atomic E-state index is -0.463. The average molecular weight is 355 g/mol. The molecule has 2 heterocycles. The molecule has 0 radical (unpaired) electrons. The fourth-order valence-corrected chi connectivity index (χ4v) is 2.26. The average Bonchev–Trinajstić information content (AvgIpc) is 3.11. The number of ether oxygens (including phenoxy) is 1. The molecule has 0 aliphatic heterocycles. The van der Waals surface area contributed by atoms with Crippen LogP contribution in [0.2, 0.25) is 0 Å². The maximum absolute atomic E-state index is 12.0. The van der Waals surface area contributed by atoms with E-state index in [0.29, 0.717) is 18.7 Å². The highest BCUT2D eigenvalue weighted by molar-refractivity contribution is 5.89. The van der Waals surface area contributed by atoms with E-state index in [1.54, 1.807) is 6.92 Å². The third-order valence-electron chi connectivity index (χ3n) is 3.56. The van der Waals surface area contributed by atoms with Gasteiger partial charge in [0, 0.05) is 12.6 Å². The van der Waals surface area contributed by atoms with E-state index in [1.165, 1.54) is 12.3 Å². The van der Waals surface area contributed by atoms with Crippen LogP contribution in [0.25, 0.3) is 0 Å². The number of carbonyl (C=O) groups excluding carboxylic acids is 1. The van der Waals surface area contributed by atoms with Crippen molar-refractivity contribution in [2.75, 3.05) is 6.54 Å². The lowest BCUT2D eigenvalue weighted by molar-refractivity contribution is 0.0910. The predicted molar refractivity (Wildman–Crippen MR) is 90.8 cm³/mol. The van der Waals surface area contributed by atoms with Gasteiger partial charge in [-0.25, -0.2) is 0 Å². The van der Waals surface area contributed by atoms with Crippen LogP contribution in [-0.4, -0.2) is 22.6 Å². The van der Waals surface area contributed by atoms with E-state index in [4.69, 9.17) is 13.7 Å². The highest BCUT2D eigenvalue weighted by Crippen LogP contribution is 2.12. The second-order valence-electron chi connectivity index (χ2n) is 5.47. The first kappa shape index (κ1) is 17.4. The molecule has 0 bridgehead atoms. The van der Waals surface area contributed by atoms with Crippen molar-refractivity contribution in [2.45, 2.75) is 20.0 Å². The van der Waals surface area contributed by atoms with Gasteiger partial charge < -0.3 is 19.0 Å². The number of nitrogens with zero attached hydrogens (tertiary/aromatic N) is 2. The second-order valence-corrected chi connectivity index (χ2v) is 5.47. The quantitative estimate of drug-likeness (QED) is 0.689. The van der Waals surface area contributed by atoms with Crippen molar-refractivity contribution in [3.63, 3.8) is 0 Å². The fraction of sp³-hybridized carbons (Fsp3) is 0.222. The standard InChI is InChI=1S/C18H17N3O5/c1-12-16(14(22)8-10-24-12)25-11-15-20-18(26-21-15)17(23)19-9-7-13-5-3-2-4-6-13/h2-6,8,10H,7,9,11H2,1H3,(H,19,23). The minimum absolute atomic E-state index is 0.0752. The van der Waals surface area contributed by atoms with E-state index in [1.807, 2.05) is 30.3 Å². The van der Waals surface area contributed by atoms with E-state index >= 15 is 0 Å². The molecule has 0 unspecified atom stereocenters. The smallest absolute Gasteiger partial charge is 0.316 e. The molecule has 3 rings (SSSR count). The molecule has 3 aromatic rings. The van der Waals surface area contributed by atoms with Crippen molar-refractivity contribution in [3.05, 3.63) is 75.9 Å². The molecule has 1 aromatic carbocycles. The van der Waals surface area contributed by atoms with Crippen LogP contribution in [0, 0.1) is 6.92 Å². The number of aryl methyl sites for hydroxylation is 1. The number of carbonyl (C=O) groups is 1. The molecule has 26 heavy (non-hydrogen) atoms. The molecular weight excluding hydrogens is 338 g/mol. The summed E-state index contributed by atoms with van der Waals surface area (Å²) in [5.41, 5.74) is 0.806. The Balaban J connectivity index is 1.52. The zero-order valence-corrected chi connectivity index (χ0v) is 14.1. The third-order valence-corrected chi connectivity index (χ3v) is 3.56. The maximum Gasteiger partial charge on any atom is 0.316 e. The molecule has 1 N–H and O–H groups in total. The molecule has 8 heteroatoms. The van der Waals surface area contributed by atoms with Gasteiger partial charge in [-0.3, -0.25) is 9.59 Å². The molecule has 0 saturated carbocycles. The zero-order chi connectivity index (χ0) is 18.4. The summed E-state index contributed by atoms with van der Waals surface area (Å²) in [6, 6.07) is 11.0. The van der Waals surface area contributed by atoms with Crippen molar-refractivity contribution in [3.8, 4) is 5.75 Å². The van der Waals surface area contributed by atoms with Crippen LogP contribution in [0.5, 0.6) is 5.75 Å². The van der Waals surface area contributed by atoms with Gasteiger partial charge in [-0.15, -0.1) is 0 Å². The van der Waals surface area contributed by atoms with Gasteiger partial charge in [-0.05, 0) is 18.9 Å². The molecule has 2 aromatic heterocycles. The van der Waals surface area contributed by atoms with Crippen LogP contribution in [0.1, 0.15) is 27.8 Å². The number of amides is 1. The Labute approximate surface area is 148 Å². The van der Waals surface area contributed by atoms with Gasteiger partial charge in [0.05, 0.1) is 6.26 Å². The van der Waals surface area contributed by atoms with Gasteiger partial charge in [0.1, 0.15) is 5.76 Å². The molecule has 134 valence electrons. The Hall–Kier alpha value is -3.42. The number of rotatable bonds is 7. The highest BCUT2D eigenvalue weighted by Gasteiger charge is 2.16. The molecule has 8 nitrogen and oxygen atoms in total. The van der Waals surface area contributed by atoms with Gasteiger partial charge in [-0.2, -0.15) is 4.98 Å². The van der Waals surface area contributed by atoms with Gasteiger partial charge in [0.2, 0.25) is 17.0 Å². The summed E-state index contributed by atoms with van der Waals surface area (Å²) in [6.07, 6.45) is 1.98. The summed E-state index contributed by atoms with van der Waals surface area (Å²) < 4.78 is 15.4. The minimum Gasteiger partial charge on any atom is -0.478 e. The topological polar surface area (TPSA) is 107 Å². The van der Waals surface area contributed by atoms with Gasteiger partial charge in [0.25, 0.3) is 0 Å². The van der Waals surface area contributed by atoms with Gasteiger partial charge >= 0.3 is 11.8 Å². The second kappa shape index (κ2) is 8.11. The Morgan fingerprint density at radius 2 is 2.04 bits per heavy atom. The van der Waals surface area contributed by atoms with Crippen molar-refractivity contribution in [1.82, 2.24) is 15.5 Å². The van der Waals surface area contributed by atoms with Crippen molar-refractivity contribution >= 4 is 5.91 Å². The summed E-state index contributed by atoms with van der Waals surface area (Å²) in [5.74, 6) is -0.0459.